The Kier molecular flexibility index (Phi) is 10.6. The zero-order valence-corrected chi connectivity index (χ0v) is 23.5. The van der Waals surface area contributed by atoms with Crippen LogP contribution in [0, 0.1) is 23.7 Å². The van der Waals surface area contributed by atoms with Crippen LogP contribution in [0.4, 0.5) is 0 Å². The fourth-order valence-corrected chi connectivity index (χ4v) is 10.1. The van der Waals surface area contributed by atoms with Gasteiger partial charge in [-0.05, 0) is 58.3 Å². The van der Waals surface area contributed by atoms with Gasteiger partial charge in [-0.3, -0.25) is 0 Å². The fourth-order valence-electron chi connectivity index (χ4n) is 5.62. The van der Waals surface area contributed by atoms with Crippen molar-refractivity contribution in [3.8, 4) is 0 Å². The van der Waals surface area contributed by atoms with Gasteiger partial charge in [0.2, 0.25) is 0 Å². The van der Waals surface area contributed by atoms with Gasteiger partial charge in [0.05, 0.1) is 6.61 Å². The van der Waals surface area contributed by atoms with E-state index in [4.69, 9.17) is 4.43 Å². The van der Waals surface area contributed by atoms with Gasteiger partial charge in [0.15, 0.2) is 0 Å². The Bertz CT molecular complexity index is 780. The molecule has 2 aromatic carbocycles. The first-order valence-electron chi connectivity index (χ1n) is 13.0. The molecule has 0 fully saturated rings. The molecular formula is C31H48OSi. The van der Waals surface area contributed by atoms with E-state index in [0.29, 0.717) is 12.5 Å². The van der Waals surface area contributed by atoms with Crippen LogP contribution >= 0.6 is 0 Å². The number of rotatable bonds is 12. The van der Waals surface area contributed by atoms with Crippen LogP contribution in [-0.4, -0.2) is 14.9 Å². The molecule has 0 aliphatic rings. The molecule has 0 bridgehead atoms. The third-order valence-electron chi connectivity index (χ3n) is 6.73. The van der Waals surface area contributed by atoms with Gasteiger partial charge in [-0.2, -0.15) is 0 Å². The number of hydrogen-bond donors (Lipinski definition) is 0. The lowest BCUT2D eigenvalue weighted by Crippen LogP contribution is -2.66. The molecule has 0 saturated heterocycles. The summed E-state index contributed by atoms with van der Waals surface area (Å²) >= 11 is 0. The van der Waals surface area contributed by atoms with Crippen molar-refractivity contribution in [3.05, 3.63) is 72.8 Å². The second-order valence-electron chi connectivity index (χ2n) is 11.7. The Labute approximate surface area is 205 Å². The number of allylic oxidation sites excluding steroid dienone is 1. The predicted octanol–water partition coefficient (Wildman–Crippen LogP) is 7.85. The van der Waals surface area contributed by atoms with Gasteiger partial charge >= 0.3 is 0 Å². The van der Waals surface area contributed by atoms with Crippen molar-refractivity contribution < 1.29 is 4.43 Å². The van der Waals surface area contributed by atoms with E-state index in [1.165, 1.54) is 29.6 Å². The smallest absolute Gasteiger partial charge is 0.261 e. The van der Waals surface area contributed by atoms with Gasteiger partial charge in [0.25, 0.3) is 8.32 Å². The molecule has 0 spiro atoms. The van der Waals surface area contributed by atoms with Crippen molar-refractivity contribution in [3.63, 3.8) is 0 Å². The summed E-state index contributed by atoms with van der Waals surface area (Å²) in [5.74, 6) is 2.95. The zero-order valence-electron chi connectivity index (χ0n) is 22.5. The maximum Gasteiger partial charge on any atom is 0.261 e. The van der Waals surface area contributed by atoms with Crippen LogP contribution in [0.5, 0.6) is 0 Å². The molecule has 0 aliphatic heterocycles. The Morgan fingerprint density at radius 2 is 1.21 bits per heavy atom. The average molecular weight is 465 g/mol. The first-order valence-corrected chi connectivity index (χ1v) is 14.9. The summed E-state index contributed by atoms with van der Waals surface area (Å²) in [7, 11) is -2.44. The van der Waals surface area contributed by atoms with Gasteiger partial charge in [0.1, 0.15) is 0 Å². The number of benzene rings is 2. The van der Waals surface area contributed by atoms with Crippen LogP contribution in [0.1, 0.15) is 74.7 Å². The summed E-state index contributed by atoms with van der Waals surface area (Å²) in [4.78, 5) is 0. The van der Waals surface area contributed by atoms with Gasteiger partial charge in [0, 0.05) is 0 Å². The highest BCUT2D eigenvalue weighted by Crippen LogP contribution is 2.36. The lowest BCUT2D eigenvalue weighted by molar-refractivity contribution is 0.325. The maximum atomic E-state index is 6.98. The van der Waals surface area contributed by atoms with Crippen molar-refractivity contribution in [2.45, 2.75) is 79.7 Å². The summed E-state index contributed by atoms with van der Waals surface area (Å²) < 4.78 is 6.98. The van der Waals surface area contributed by atoms with E-state index in [0.717, 1.165) is 17.8 Å². The van der Waals surface area contributed by atoms with Crippen LogP contribution in [-0.2, 0) is 4.43 Å². The minimum Gasteiger partial charge on any atom is -0.404 e. The molecule has 0 unspecified atom stereocenters. The van der Waals surface area contributed by atoms with Crippen LogP contribution in [0.25, 0.3) is 0 Å². The third kappa shape index (κ3) is 7.97. The normalized spacial score (nSPS) is 15.7. The minimum absolute atomic E-state index is 0.0240. The molecule has 0 saturated carbocycles. The topological polar surface area (TPSA) is 9.23 Å². The van der Waals surface area contributed by atoms with Gasteiger partial charge in [-0.25, -0.2) is 0 Å². The van der Waals surface area contributed by atoms with Crippen LogP contribution in [0.2, 0.25) is 5.04 Å². The van der Waals surface area contributed by atoms with Crippen LogP contribution in [0.3, 0.4) is 0 Å². The highest BCUT2D eigenvalue weighted by molar-refractivity contribution is 6.99. The first-order chi connectivity index (χ1) is 15.6. The largest absolute Gasteiger partial charge is 0.404 e. The maximum absolute atomic E-state index is 6.98. The molecule has 0 aromatic heterocycles. The Balaban J connectivity index is 2.12. The van der Waals surface area contributed by atoms with E-state index in [1.54, 1.807) is 0 Å². The molecule has 0 heterocycles. The highest BCUT2D eigenvalue weighted by atomic mass is 28.4. The third-order valence-corrected chi connectivity index (χ3v) is 11.7. The molecule has 0 N–H and O–H groups in total. The lowest BCUT2D eigenvalue weighted by atomic mass is 9.86. The Hall–Kier alpha value is -1.64. The van der Waals surface area contributed by atoms with Crippen molar-refractivity contribution >= 4 is 18.7 Å². The molecule has 33 heavy (non-hydrogen) atoms. The van der Waals surface area contributed by atoms with Gasteiger partial charge < -0.3 is 4.43 Å². The zero-order chi connectivity index (χ0) is 24.5. The lowest BCUT2D eigenvalue weighted by Gasteiger charge is -2.42. The molecule has 182 valence electrons. The molecule has 2 rings (SSSR count). The van der Waals surface area contributed by atoms with Gasteiger partial charge in [-0.1, -0.05) is 128 Å². The second-order valence-corrected chi connectivity index (χ2v) is 16.0. The van der Waals surface area contributed by atoms with Crippen LogP contribution < -0.4 is 10.4 Å². The summed E-state index contributed by atoms with van der Waals surface area (Å²) in [5, 5.41) is 2.71. The second kappa shape index (κ2) is 12.7. The van der Waals surface area contributed by atoms with E-state index in [-0.39, 0.29) is 5.04 Å². The van der Waals surface area contributed by atoms with Crippen molar-refractivity contribution in [2.24, 2.45) is 23.7 Å². The van der Waals surface area contributed by atoms with Gasteiger partial charge in [-0.15, -0.1) is 0 Å². The molecule has 3 atom stereocenters. The predicted molar refractivity (Wildman–Crippen MR) is 149 cm³/mol. The number of hydrogen-bond acceptors (Lipinski definition) is 1. The van der Waals surface area contributed by atoms with Crippen LogP contribution in [0.15, 0.2) is 72.8 Å². The van der Waals surface area contributed by atoms with Crippen molar-refractivity contribution in [1.29, 1.82) is 0 Å². The first kappa shape index (κ1) is 27.6. The minimum atomic E-state index is -2.44. The van der Waals surface area contributed by atoms with E-state index in [9.17, 15) is 0 Å². The monoisotopic (exact) mass is 464 g/mol. The molecule has 0 amide bonds. The molecular weight excluding hydrogens is 416 g/mol. The Morgan fingerprint density at radius 3 is 1.67 bits per heavy atom. The SMILES string of the molecule is CC(C)C[C@@H](C)C[C@@H](C)C[C@@H](C)/C=C/CO[Si](c1ccccc1)(c1ccccc1)C(C)(C)C. The van der Waals surface area contributed by atoms with E-state index >= 15 is 0 Å². The highest BCUT2D eigenvalue weighted by Gasteiger charge is 2.49. The molecule has 1 nitrogen and oxygen atoms in total. The summed E-state index contributed by atoms with van der Waals surface area (Å²) in [5.41, 5.74) is 0. The summed E-state index contributed by atoms with van der Waals surface area (Å²) in [6, 6.07) is 21.8. The van der Waals surface area contributed by atoms with E-state index in [1.807, 2.05) is 0 Å². The van der Waals surface area contributed by atoms with E-state index in [2.05, 4.69) is 128 Å². The molecule has 0 radical (unpaired) electrons. The summed E-state index contributed by atoms with van der Waals surface area (Å²) in [6.07, 6.45) is 8.56. The van der Waals surface area contributed by atoms with Crippen molar-refractivity contribution in [1.82, 2.24) is 0 Å². The van der Waals surface area contributed by atoms with Crippen molar-refractivity contribution in [2.75, 3.05) is 6.61 Å². The molecule has 2 aromatic rings. The summed E-state index contributed by atoms with van der Waals surface area (Å²) in [6.45, 7) is 19.5. The molecule has 2 heteroatoms. The Morgan fingerprint density at radius 1 is 0.727 bits per heavy atom. The quantitative estimate of drug-likeness (QED) is 0.229. The molecule has 0 aliphatic carbocycles. The average Bonchev–Trinajstić information content (AvgIpc) is 2.73. The fraction of sp³-hybridized carbons (Fsp3) is 0.548. The van der Waals surface area contributed by atoms with E-state index < -0.39 is 8.32 Å². The standard InChI is InChI=1S/C31H48OSi/c1-25(2)22-27(4)24-28(5)23-26(3)16-15-21-32-33(31(6,7)8,29-17-11-9-12-18-29)30-19-13-10-14-20-30/h9-20,25-28H,21-24H2,1-8H3/b16-15+/t26-,27+,28-/m0/s1.